The zero-order valence-electron chi connectivity index (χ0n) is 18.1. The molecule has 0 radical (unpaired) electrons. The molecule has 3 aromatic heterocycles. The molecule has 4 N–H and O–H groups in total. The van der Waals surface area contributed by atoms with Crippen molar-refractivity contribution in [3.63, 3.8) is 0 Å². The minimum Gasteiger partial charge on any atom is -0.383 e. The molecule has 0 atom stereocenters. The first-order valence-electron chi connectivity index (χ1n) is 10.7. The Bertz CT molecular complexity index is 1720. The molecular formula is C26H19FN6O. The molecule has 0 aliphatic carbocycles. The van der Waals surface area contributed by atoms with Crippen molar-refractivity contribution in [3.05, 3.63) is 95.8 Å². The van der Waals surface area contributed by atoms with E-state index in [-0.39, 0.29) is 17.4 Å². The van der Waals surface area contributed by atoms with Gasteiger partial charge in [-0.3, -0.25) is 4.79 Å². The van der Waals surface area contributed by atoms with E-state index in [1.54, 1.807) is 24.3 Å². The smallest absolute Gasteiger partial charge is 0.214 e. The van der Waals surface area contributed by atoms with Crippen molar-refractivity contribution in [1.29, 1.82) is 0 Å². The number of aryl methyl sites for hydroxylation is 1. The van der Waals surface area contributed by atoms with Gasteiger partial charge in [0.25, 0.3) is 0 Å². The zero-order chi connectivity index (χ0) is 23.4. The molecular weight excluding hydrogens is 431 g/mol. The number of halogens is 1. The molecule has 0 fully saturated rings. The Hall–Kier alpha value is -4.72. The van der Waals surface area contributed by atoms with E-state index in [9.17, 15) is 9.18 Å². The van der Waals surface area contributed by atoms with Gasteiger partial charge in [-0.2, -0.15) is 5.10 Å². The van der Waals surface area contributed by atoms with Gasteiger partial charge in [0.15, 0.2) is 0 Å². The van der Waals surface area contributed by atoms with Crippen LogP contribution in [-0.4, -0.2) is 30.5 Å². The van der Waals surface area contributed by atoms with Crippen LogP contribution in [0.2, 0.25) is 0 Å². The van der Waals surface area contributed by atoms with E-state index < -0.39 is 0 Å². The lowest BCUT2D eigenvalue weighted by Gasteiger charge is -2.05. The van der Waals surface area contributed by atoms with Gasteiger partial charge < -0.3 is 15.7 Å². The molecule has 0 saturated carbocycles. The molecule has 166 valence electrons. The van der Waals surface area contributed by atoms with Crippen LogP contribution < -0.4 is 5.73 Å². The summed E-state index contributed by atoms with van der Waals surface area (Å²) in [4.78, 5) is 24.0. The third-order valence-electron chi connectivity index (χ3n) is 5.93. The maximum Gasteiger partial charge on any atom is 0.214 e. The van der Waals surface area contributed by atoms with E-state index in [0.717, 1.165) is 33.3 Å². The number of aromatic nitrogens is 5. The number of fused-ring (bicyclic) bond motifs is 2. The minimum absolute atomic E-state index is 0.238. The number of nitrogen functional groups attached to an aromatic ring is 1. The zero-order valence-corrected chi connectivity index (χ0v) is 18.1. The standard InChI is InChI=1S/C26H19FN6O/c1-14-30-22-9-7-17(12-23(22)31-14)33-26(28)19(13-29-33)25(34)24-11-16-10-15(6-8-21(16)32-24)18-4-2-3-5-20(18)27/h2-13,32H,28H2,1H3,(H,30,31). The van der Waals surface area contributed by atoms with Gasteiger partial charge in [-0.15, -0.1) is 0 Å². The Morgan fingerprint density at radius 3 is 2.68 bits per heavy atom. The summed E-state index contributed by atoms with van der Waals surface area (Å²) in [5.74, 6) is 0.483. The molecule has 0 aliphatic rings. The number of imidazole rings is 1. The minimum atomic E-state index is -0.294. The monoisotopic (exact) mass is 450 g/mol. The molecule has 0 aliphatic heterocycles. The number of rotatable bonds is 4. The predicted molar refractivity (Wildman–Crippen MR) is 129 cm³/mol. The molecule has 0 amide bonds. The molecule has 0 saturated heterocycles. The molecule has 0 bridgehead atoms. The third kappa shape index (κ3) is 3.15. The van der Waals surface area contributed by atoms with E-state index >= 15 is 0 Å². The fraction of sp³-hybridized carbons (Fsp3) is 0.0385. The van der Waals surface area contributed by atoms with E-state index in [0.29, 0.717) is 22.5 Å². The number of H-pyrrole nitrogens is 2. The van der Waals surface area contributed by atoms with Crippen molar-refractivity contribution in [2.24, 2.45) is 0 Å². The number of carbonyl (C=O) groups excluding carboxylic acids is 1. The Morgan fingerprint density at radius 2 is 1.82 bits per heavy atom. The van der Waals surface area contributed by atoms with E-state index in [1.807, 2.05) is 43.3 Å². The van der Waals surface area contributed by atoms with Gasteiger partial charge in [-0.25, -0.2) is 14.1 Å². The average molecular weight is 450 g/mol. The number of carbonyl (C=O) groups is 1. The lowest BCUT2D eigenvalue weighted by atomic mass is 10.0. The van der Waals surface area contributed by atoms with Crippen molar-refractivity contribution in [2.45, 2.75) is 6.92 Å². The number of nitrogens with one attached hydrogen (secondary N) is 2. The largest absolute Gasteiger partial charge is 0.383 e. The second-order valence-electron chi connectivity index (χ2n) is 8.17. The summed E-state index contributed by atoms with van der Waals surface area (Å²) in [6, 6.07) is 19.5. The second kappa shape index (κ2) is 7.41. The van der Waals surface area contributed by atoms with Crippen LogP contribution in [0, 0.1) is 12.7 Å². The first-order chi connectivity index (χ1) is 16.5. The Kier molecular flexibility index (Phi) is 4.35. The van der Waals surface area contributed by atoms with Gasteiger partial charge in [0, 0.05) is 16.5 Å². The van der Waals surface area contributed by atoms with Crippen LogP contribution in [0.1, 0.15) is 21.9 Å². The van der Waals surface area contributed by atoms with Crippen molar-refractivity contribution in [1.82, 2.24) is 24.7 Å². The topological polar surface area (TPSA) is 105 Å². The van der Waals surface area contributed by atoms with Crippen molar-refractivity contribution in [2.75, 3.05) is 5.73 Å². The first-order valence-corrected chi connectivity index (χ1v) is 10.7. The summed E-state index contributed by atoms with van der Waals surface area (Å²) in [6.07, 6.45) is 1.47. The molecule has 7 nitrogen and oxygen atoms in total. The summed E-state index contributed by atoms with van der Waals surface area (Å²) in [6.45, 7) is 1.89. The Morgan fingerprint density at radius 1 is 1.00 bits per heavy atom. The predicted octanol–water partition coefficient (Wildman–Crippen LogP) is 5.16. The van der Waals surface area contributed by atoms with Gasteiger partial charge in [0.05, 0.1) is 34.2 Å². The second-order valence-corrected chi connectivity index (χ2v) is 8.17. The Labute approximate surface area is 193 Å². The quantitative estimate of drug-likeness (QED) is 0.323. The van der Waals surface area contributed by atoms with Crippen LogP contribution in [0.3, 0.4) is 0 Å². The van der Waals surface area contributed by atoms with Crippen LogP contribution in [-0.2, 0) is 0 Å². The van der Waals surface area contributed by atoms with Gasteiger partial charge >= 0.3 is 0 Å². The lowest BCUT2D eigenvalue weighted by Crippen LogP contribution is -2.07. The summed E-state index contributed by atoms with van der Waals surface area (Å²) in [5.41, 5.74) is 11.4. The number of hydrogen-bond acceptors (Lipinski definition) is 4. The van der Waals surface area contributed by atoms with Crippen molar-refractivity contribution >= 4 is 33.5 Å². The van der Waals surface area contributed by atoms with Crippen LogP contribution >= 0.6 is 0 Å². The molecule has 0 unspecified atom stereocenters. The number of benzene rings is 3. The summed E-state index contributed by atoms with van der Waals surface area (Å²) in [7, 11) is 0. The highest BCUT2D eigenvalue weighted by atomic mass is 19.1. The van der Waals surface area contributed by atoms with Gasteiger partial charge in [0.1, 0.15) is 17.5 Å². The lowest BCUT2D eigenvalue weighted by molar-refractivity contribution is 0.103. The van der Waals surface area contributed by atoms with Gasteiger partial charge in [-0.05, 0) is 55.0 Å². The van der Waals surface area contributed by atoms with Crippen LogP contribution in [0.25, 0.3) is 38.8 Å². The summed E-state index contributed by atoms with van der Waals surface area (Å²) in [5, 5.41) is 5.14. The van der Waals surface area contributed by atoms with Crippen molar-refractivity contribution < 1.29 is 9.18 Å². The molecule has 6 rings (SSSR count). The normalized spacial score (nSPS) is 11.5. The molecule has 34 heavy (non-hydrogen) atoms. The maximum atomic E-state index is 14.2. The maximum absolute atomic E-state index is 14.2. The number of anilines is 1. The fourth-order valence-corrected chi connectivity index (χ4v) is 4.26. The van der Waals surface area contributed by atoms with Crippen LogP contribution in [0.4, 0.5) is 10.2 Å². The number of hydrogen-bond donors (Lipinski definition) is 3. The van der Waals surface area contributed by atoms with Crippen LogP contribution in [0.5, 0.6) is 0 Å². The van der Waals surface area contributed by atoms with Gasteiger partial charge in [0.2, 0.25) is 5.78 Å². The molecule has 0 spiro atoms. The fourth-order valence-electron chi connectivity index (χ4n) is 4.26. The molecule has 3 heterocycles. The molecule has 8 heteroatoms. The van der Waals surface area contributed by atoms with E-state index in [2.05, 4.69) is 20.1 Å². The summed E-state index contributed by atoms with van der Waals surface area (Å²) < 4.78 is 15.7. The number of nitrogens with two attached hydrogens (primary N) is 1. The first kappa shape index (κ1) is 19.9. The van der Waals surface area contributed by atoms with Crippen LogP contribution in [0.15, 0.2) is 72.9 Å². The number of aromatic amines is 2. The highest BCUT2D eigenvalue weighted by Crippen LogP contribution is 2.28. The van der Waals surface area contributed by atoms with E-state index in [4.69, 9.17) is 5.73 Å². The molecule has 6 aromatic rings. The van der Waals surface area contributed by atoms with Crippen molar-refractivity contribution in [3.8, 4) is 16.8 Å². The highest BCUT2D eigenvalue weighted by molar-refractivity contribution is 6.12. The Balaban J connectivity index is 1.36. The summed E-state index contributed by atoms with van der Waals surface area (Å²) >= 11 is 0. The van der Waals surface area contributed by atoms with E-state index in [1.165, 1.54) is 16.9 Å². The highest BCUT2D eigenvalue weighted by Gasteiger charge is 2.20. The number of ketones is 1. The average Bonchev–Trinajstić information content (AvgIpc) is 3.53. The SMILES string of the molecule is Cc1nc2cc(-n3ncc(C(=O)c4cc5cc(-c6ccccc6F)ccc5[nH]4)c3N)ccc2[nH]1. The molecule has 3 aromatic carbocycles. The number of nitrogens with zero attached hydrogens (tertiary/aromatic N) is 3. The third-order valence-corrected chi connectivity index (χ3v) is 5.93. The van der Waals surface area contributed by atoms with Gasteiger partial charge in [-0.1, -0.05) is 24.3 Å².